The number of epoxide rings is 1. The summed E-state index contributed by atoms with van der Waals surface area (Å²) in [6.07, 6.45) is 11.0. The molecule has 1 heterocycles. The van der Waals surface area contributed by atoms with Crippen LogP contribution in [0.1, 0.15) is 57.8 Å². The van der Waals surface area contributed by atoms with E-state index in [4.69, 9.17) is 9.47 Å². The Hall–Kier alpha value is -0.570. The minimum Gasteiger partial charge on any atom is -0.459 e. The van der Waals surface area contributed by atoms with Crippen LogP contribution in [0.5, 0.6) is 0 Å². The Bertz CT molecular complexity index is 286. The van der Waals surface area contributed by atoms with Gasteiger partial charge in [0.15, 0.2) is 0 Å². The molecule has 0 bridgehead atoms. The molecule has 2 aliphatic carbocycles. The van der Waals surface area contributed by atoms with Crippen molar-refractivity contribution in [2.24, 2.45) is 11.8 Å². The molecule has 3 fully saturated rings. The molecule has 1 aliphatic heterocycles. The Balaban J connectivity index is 1.57. The lowest BCUT2D eigenvalue weighted by Crippen LogP contribution is -2.35. The fraction of sp³-hybridized carbons (Fsp3) is 0.933. The van der Waals surface area contributed by atoms with Gasteiger partial charge in [0.25, 0.3) is 0 Å². The van der Waals surface area contributed by atoms with Crippen LogP contribution in [0.15, 0.2) is 0 Å². The van der Waals surface area contributed by atoms with Gasteiger partial charge >= 0.3 is 5.97 Å². The van der Waals surface area contributed by atoms with E-state index in [1.807, 2.05) is 0 Å². The molecule has 3 nitrogen and oxygen atoms in total. The maximum Gasteiger partial charge on any atom is 0.309 e. The summed E-state index contributed by atoms with van der Waals surface area (Å²) in [5, 5.41) is 0. The zero-order chi connectivity index (χ0) is 12.4. The van der Waals surface area contributed by atoms with E-state index in [9.17, 15) is 4.79 Å². The van der Waals surface area contributed by atoms with Gasteiger partial charge in [-0.1, -0.05) is 32.1 Å². The van der Waals surface area contributed by atoms with Crippen LogP contribution in [0.25, 0.3) is 0 Å². The van der Waals surface area contributed by atoms with E-state index in [0.29, 0.717) is 5.92 Å². The lowest BCUT2D eigenvalue weighted by Gasteiger charge is -2.29. The van der Waals surface area contributed by atoms with Crippen molar-refractivity contribution in [3.05, 3.63) is 0 Å². The number of carbonyl (C=O) groups is 1. The normalized spacial score (nSPS) is 31.2. The van der Waals surface area contributed by atoms with E-state index in [1.54, 1.807) is 0 Å². The van der Waals surface area contributed by atoms with Crippen molar-refractivity contribution in [2.45, 2.75) is 70.0 Å². The van der Waals surface area contributed by atoms with Gasteiger partial charge in [-0.3, -0.25) is 4.79 Å². The smallest absolute Gasteiger partial charge is 0.309 e. The molecule has 0 N–H and O–H groups in total. The molecule has 2 saturated carbocycles. The molecule has 0 aromatic carbocycles. The van der Waals surface area contributed by atoms with Crippen molar-refractivity contribution >= 4 is 5.97 Å². The first kappa shape index (κ1) is 12.5. The van der Waals surface area contributed by atoms with Gasteiger partial charge < -0.3 is 9.47 Å². The van der Waals surface area contributed by atoms with Gasteiger partial charge in [0, 0.05) is 0 Å². The maximum absolute atomic E-state index is 12.2. The zero-order valence-electron chi connectivity index (χ0n) is 11.1. The molecule has 0 spiro atoms. The third-order valence-corrected chi connectivity index (χ3v) is 4.78. The Labute approximate surface area is 109 Å². The molecule has 0 amide bonds. The first-order valence-electron chi connectivity index (χ1n) is 7.66. The molecule has 0 radical (unpaired) electrons. The van der Waals surface area contributed by atoms with Gasteiger partial charge in [-0.05, 0) is 31.6 Å². The number of hydrogen-bond acceptors (Lipinski definition) is 3. The summed E-state index contributed by atoms with van der Waals surface area (Å²) in [6.45, 7) is 0.791. The highest BCUT2D eigenvalue weighted by Crippen LogP contribution is 2.35. The fourth-order valence-corrected chi connectivity index (χ4v) is 3.58. The summed E-state index contributed by atoms with van der Waals surface area (Å²) in [6, 6.07) is 0. The summed E-state index contributed by atoms with van der Waals surface area (Å²) in [5.41, 5.74) is 0. The molecular formula is C15H24O3. The molecular weight excluding hydrogens is 228 g/mol. The predicted molar refractivity (Wildman–Crippen MR) is 68.2 cm³/mol. The van der Waals surface area contributed by atoms with Crippen molar-refractivity contribution in [1.82, 2.24) is 0 Å². The Morgan fingerprint density at radius 3 is 2.22 bits per heavy atom. The van der Waals surface area contributed by atoms with Gasteiger partial charge in [-0.25, -0.2) is 0 Å². The summed E-state index contributed by atoms with van der Waals surface area (Å²) >= 11 is 0. The highest BCUT2D eigenvalue weighted by molar-refractivity contribution is 5.73. The van der Waals surface area contributed by atoms with Crippen molar-refractivity contribution in [1.29, 1.82) is 0 Å². The van der Waals surface area contributed by atoms with E-state index in [2.05, 4.69) is 0 Å². The predicted octanol–water partition coefficient (Wildman–Crippen LogP) is 3.07. The molecule has 3 aliphatic rings. The number of carbonyl (C=O) groups excluding carboxylic acids is 1. The number of esters is 1. The monoisotopic (exact) mass is 252 g/mol. The van der Waals surface area contributed by atoms with E-state index < -0.39 is 0 Å². The first-order chi connectivity index (χ1) is 8.84. The lowest BCUT2D eigenvalue weighted by atomic mass is 9.84. The van der Waals surface area contributed by atoms with Crippen molar-refractivity contribution < 1.29 is 14.3 Å². The number of ether oxygens (including phenoxy) is 2. The van der Waals surface area contributed by atoms with E-state index in [-0.39, 0.29) is 24.1 Å². The van der Waals surface area contributed by atoms with Crippen LogP contribution in [0, 0.1) is 11.8 Å². The van der Waals surface area contributed by atoms with Crippen LogP contribution in [-0.2, 0) is 14.3 Å². The molecule has 0 aromatic rings. The van der Waals surface area contributed by atoms with Gasteiger partial charge in [0.05, 0.1) is 12.5 Å². The average molecular weight is 252 g/mol. The Kier molecular flexibility index (Phi) is 3.88. The highest BCUT2D eigenvalue weighted by Gasteiger charge is 2.42. The fourth-order valence-electron chi connectivity index (χ4n) is 3.58. The standard InChI is InChI=1S/C15H24O3/c16-15(12-8-4-5-9-12)18-14(13-10-17-13)11-6-2-1-3-7-11/h11-14H,1-10H2. The third-order valence-electron chi connectivity index (χ3n) is 4.78. The van der Waals surface area contributed by atoms with Crippen LogP contribution >= 0.6 is 0 Å². The highest BCUT2D eigenvalue weighted by atomic mass is 16.6. The zero-order valence-corrected chi connectivity index (χ0v) is 11.1. The van der Waals surface area contributed by atoms with E-state index in [0.717, 1.165) is 19.4 Å². The van der Waals surface area contributed by atoms with Gasteiger partial charge in [-0.15, -0.1) is 0 Å². The second-order valence-electron chi connectivity index (χ2n) is 6.15. The summed E-state index contributed by atoms with van der Waals surface area (Å²) < 4.78 is 11.2. The van der Waals surface area contributed by atoms with Crippen LogP contribution < -0.4 is 0 Å². The molecule has 18 heavy (non-hydrogen) atoms. The molecule has 0 aromatic heterocycles. The first-order valence-corrected chi connectivity index (χ1v) is 7.66. The molecule has 2 atom stereocenters. The minimum absolute atomic E-state index is 0.0541. The topological polar surface area (TPSA) is 38.8 Å². The second kappa shape index (κ2) is 5.60. The van der Waals surface area contributed by atoms with Crippen LogP contribution in [0.2, 0.25) is 0 Å². The third kappa shape index (κ3) is 2.87. The molecule has 3 rings (SSSR count). The summed E-state index contributed by atoms with van der Waals surface area (Å²) in [7, 11) is 0. The molecule has 2 unspecified atom stereocenters. The maximum atomic E-state index is 12.2. The van der Waals surface area contributed by atoms with Crippen LogP contribution in [0.3, 0.4) is 0 Å². The molecule has 102 valence electrons. The summed E-state index contributed by atoms with van der Waals surface area (Å²) in [5.74, 6) is 0.782. The van der Waals surface area contributed by atoms with Crippen molar-refractivity contribution in [2.75, 3.05) is 6.61 Å². The minimum atomic E-state index is 0.0541. The van der Waals surface area contributed by atoms with Gasteiger partial charge in [0.1, 0.15) is 12.2 Å². The van der Waals surface area contributed by atoms with Gasteiger partial charge in [0.2, 0.25) is 0 Å². The van der Waals surface area contributed by atoms with Crippen molar-refractivity contribution in [3.8, 4) is 0 Å². The Morgan fingerprint density at radius 2 is 1.61 bits per heavy atom. The van der Waals surface area contributed by atoms with Crippen molar-refractivity contribution in [3.63, 3.8) is 0 Å². The van der Waals surface area contributed by atoms with E-state index in [1.165, 1.54) is 44.9 Å². The lowest BCUT2D eigenvalue weighted by molar-refractivity contribution is -0.158. The number of rotatable bonds is 4. The molecule has 3 heteroatoms. The molecule has 1 saturated heterocycles. The van der Waals surface area contributed by atoms with Crippen LogP contribution in [0.4, 0.5) is 0 Å². The quantitative estimate of drug-likeness (QED) is 0.570. The van der Waals surface area contributed by atoms with Gasteiger partial charge in [-0.2, -0.15) is 0 Å². The number of hydrogen-bond donors (Lipinski definition) is 0. The summed E-state index contributed by atoms with van der Waals surface area (Å²) in [4.78, 5) is 12.2. The second-order valence-corrected chi connectivity index (χ2v) is 6.15. The largest absolute Gasteiger partial charge is 0.459 e. The SMILES string of the molecule is O=C(OC(C1CCCCC1)C1CO1)C1CCCC1. The van der Waals surface area contributed by atoms with E-state index >= 15 is 0 Å². The van der Waals surface area contributed by atoms with Crippen LogP contribution in [-0.4, -0.2) is 24.8 Å². The Morgan fingerprint density at radius 1 is 1.00 bits per heavy atom. The average Bonchev–Trinajstić information content (AvgIpc) is 3.10.